The fraction of sp³-hybridized carbons (Fsp3) is 0.462. The lowest BCUT2D eigenvalue weighted by Gasteiger charge is -2.29. The van der Waals surface area contributed by atoms with Crippen LogP contribution >= 0.6 is 0 Å². The molecule has 0 aromatic heterocycles. The molecule has 0 aliphatic carbocycles. The predicted molar refractivity (Wildman–Crippen MR) is 65.0 cm³/mol. The Morgan fingerprint density at radius 3 is 2.44 bits per heavy atom. The average Bonchev–Trinajstić information content (AvgIpc) is 2.68. The van der Waals surface area contributed by atoms with Crippen molar-refractivity contribution in [3.63, 3.8) is 0 Å². The van der Waals surface area contributed by atoms with Crippen molar-refractivity contribution in [1.82, 2.24) is 0 Å². The number of rotatable bonds is 4. The fourth-order valence-electron chi connectivity index (χ4n) is 2.47. The van der Waals surface area contributed by atoms with Gasteiger partial charge in [0, 0.05) is 24.1 Å². The molecule has 0 bridgehead atoms. The summed E-state index contributed by atoms with van der Waals surface area (Å²) < 4.78 is 1.15. The summed E-state index contributed by atoms with van der Waals surface area (Å²) in [6, 6.07) is 8.14. The van der Waals surface area contributed by atoms with Crippen molar-refractivity contribution in [2.75, 3.05) is 25.5 Å². The standard InChI is InChI=1S/C13H18N2O/c1-15(8-2-3-9-15)10-12-4-6-13(7-5-12)14-11-16/h4-7,11H,2-3,8-10H2,1H3/p+1. The molecule has 0 spiro atoms. The summed E-state index contributed by atoms with van der Waals surface area (Å²) in [6.07, 6.45) is 3.41. The Bertz CT molecular complexity index is 353. The maximum atomic E-state index is 10.3. The lowest BCUT2D eigenvalue weighted by Crippen LogP contribution is -2.39. The number of amides is 1. The second-order valence-electron chi connectivity index (χ2n) is 4.89. The number of benzene rings is 1. The lowest BCUT2D eigenvalue weighted by molar-refractivity contribution is -0.910. The van der Waals surface area contributed by atoms with Crippen LogP contribution in [0.25, 0.3) is 0 Å². The molecule has 0 unspecified atom stereocenters. The van der Waals surface area contributed by atoms with E-state index in [9.17, 15) is 4.79 Å². The smallest absolute Gasteiger partial charge is 0.211 e. The van der Waals surface area contributed by atoms with Crippen LogP contribution in [-0.2, 0) is 11.3 Å². The first kappa shape index (κ1) is 11.1. The first-order valence-corrected chi connectivity index (χ1v) is 5.85. The van der Waals surface area contributed by atoms with Crippen LogP contribution in [0, 0.1) is 0 Å². The molecule has 1 fully saturated rings. The van der Waals surface area contributed by atoms with Crippen LogP contribution in [0.15, 0.2) is 24.3 Å². The third-order valence-corrected chi connectivity index (χ3v) is 3.39. The average molecular weight is 219 g/mol. The molecule has 1 heterocycles. The molecule has 0 saturated carbocycles. The highest BCUT2D eigenvalue weighted by atomic mass is 16.1. The molecule has 0 radical (unpaired) electrons. The molecule has 1 aromatic carbocycles. The minimum absolute atomic E-state index is 0.712. The zero-order valence-electron chi connectivity index (χ0n) is 9.78. The second-order valence-corrected chi connectivity index (χ2v) is 4.89. The first-order valence-electron chi connectivity index (χ1n) is 5.85. The number of carbonyl (C=O) groups excluding carboxylic acids is 1. The van der Waals surface area contributed by atoms with Gasteiger partial charge in [0.25, 0.3) is 0 Å². The Labute approximate surface area is 96.7 Å². The summed E-state index contributed by atoms with van der Waals surface area (Å²) in [5.74, 6) is 0. The van der Waals surface area contributed by atoms with Crippen molar-refractivity contribution in [2.45, 2.75) is 19.4 Å². The molecule has 86 valence electrons. The lowest BCUT2D eigenvalue weighted by atomic mass is 10.2. The van der Waals surface area contributed by atoms with Gasteiger partial charge in [-0.1, -0.05) is 12.1 Å². The molecule has 1 amide bonds. The van der Waals surface area contributed by atoms with Crippen LogP contribution < -0.4 is 5.32 Å². The fourth-order valence-corrected chi connectivity index (χ4v) is 2.47. The second kappa shape index (κ2) is 4.66. The van der Waals surface area contributed by atoms with Gasteiger partial charge in [0.1, 0.15) is 6.54 Å². The van der Waals surface area contributed by atoms with Crippen LogP contribution in [0.1, 0.15) is 18.4 Å². The van der Waals surface area contributed by atoms with Gasteiger partial charge in [-0.3, -0.25) is 4.79 Å². The van der Waals surface area contributed by atoms with E-state index < -0.39 is 0 Å². The Morgan fingerprint density at radius 2 is 1.88 bits per heavy atom. The molecule has 2 rings (SSSR count). The summed E-state index contributed by atoms with van der Waals surface area (Å²) in [5, 5.41) is 2.65. The summed E-state index contributed by atoms with van der Waals surface area (Å²) >= 11 is 0. The maximum absolute atomic E-state index is 10.3. The van der Waals surface area contributed by atoms with Crippen LogP contribution in [0.3, 0.4) is 0 Å². The van der Waals surface area contributed by atoms with Crippen molar-refractivity contribution in [3.05, 3.63) is 29.8 Å². The molecule has 1 N–H and O–H groups in total. The summed E-state index contributed by atoms with van der Waals surface area (Å²) in [7, 11) is 2.32. The number of hydrogen-bond donors (Lipinski definition) is 1. The molecule has 1 aliphatic heterocycles. The van der Waals surface area contributed by atoms with Gasteiger partial charge in [-0.2, -0.15) is 0 Å². The van der Waals surface area contributed by atoms with Gasteiger partial charge in [0.05, 0.1) is 20.1 Å². The number of likely N-dealkylation sites (tertiary alicyclic amines) is 1. The number of nitrogens with one attached hydrogen (secondary N) is 1. The summed E-state index contributed by atoms with van der Waals surface area (Å²) in [5.41, 5.74) is 2.21. The quantitative estimate of drug-likeness (QED) is 0.609. The molecule has 1 aliphatic rings. The Morgan fingerprint density at radius 1 is 1.25 bits per heavy atom. The molecule has 16 heavy (non-hydrogen) atoms. The summed E-state index contributed by atoms with van der Waals surface area (Å²) in [4.78, 5) is 10.3. The molecule has 0 atom stereocenters. The van der Waals surface area contributed by atoms with Crippen molar-refractivity contribution in [1.29, 1.82) is 0 Å². The van der Waals surface area contributed by atoms with Gasteiger partial charge in [0.15, 0.2) is 0 Å². The third-order valence-electron chi connectivity index (χ3n) is 3.39. The van der Waals surface area contributed by atoms with Crippen LogP contribution in [-0.4, -0.2) is 31.0 Å². The van der Waals surface area contributed by atoms with E-state index in [4.69, 9.17) is 0 Å². The van der Waals surface area contributed by atoms with Crippen LogP contribution in [0.2, 0.25) is 0 Å². The number of hydrogen-bond acceptors (Lipinski definition) is 1. The topological polar surface area (TPSA) is 29.1 Å². The number of carbonyl (C=O) groups is 1. The van der Waals surface area contributed by atoms with Gasteiger partial charge in [0.2, 0.25) is 6.41 Å². The monoisotopic (exact) mass is 219 g/mol. The highest BCUT2D eigenvalue weighted by Crippen LogP contribution is 2.21. The molecule has 1 aromatic rings. The largest absolute Gasteiger partial charge is 0.329 e. The van der Waals surface area contributed by atoms with E-state index in [0.29, 0.717) is 6.41 Å². The van der Waals surface area contributed by atoms with Gasteiger partial charge in [-0.05, 0) is 12.1 Å². The normalized spacial score (nSPS) is 18.3. The highest BCUT2D eigenvalue weighted by Gasteiger charge is 2.26. The summed E-state index contributed by atoms with van der Waals surface area (Å²) in [6.45, 7) is 3.67. The Hall–Kier alpha value is -1.35. The zero-order valence-corrected chi connectivity index (χ0v) is 9.78. The minimum Gasteiger partial charge on any atom is -0.329 e. The van der Waals surface area contributed by atoms with Crippen LogP contribution in [0.4, 0.5) is 5.69 Å². The van der Waals surface area contributed by atoms with Crippen molar-refractivity contribution in [3.8, 4) is 0 Å². The van der Waals surface area contributed by atoms with E-state index in [-0.39, 0.29) is 0 Å². The van der Waals surface area contributed by atoms with Gasteiger partial charge in [-0.15, -0.1) is 0 Å². The number of quaternary nitrogens is 1. The van der Waals surface area contributed by atoms with Gasteiger partial charge in [-0.25, -0.2) is 0 Å². The number of nitrogens with zero attached hydrogens (tertiary/aromatic N) is 1. The number of anilines is 1. The minimum atomic E-state index is 0.712. The van der Waals surface area contributed by atoms with E-state index in [2.05, 4.69) is 24.5 Å². The van der Waals surface area contributed by atoms with Crippen molar-refractivity contribution in [2.24, 2.45) is 0 Å². The van der Waals surface area contributed by atoms with Gasteiger partial charge < -0.3 is 9.80 Å². The molecular weight excluding hydrogens is 200 g/mol. The molecule has 3 nitrogen and oxygen atoms in total. The first-order chi connectivity index (χ1) is 7.72. The molecular formula is C13H19N2O+. The SMILES string of the molecule is C[N+]1(Cc2ccc(NC=O)cc2)CCCC1. The van der Waals surface area contributed by atoms with Crippen molar-refractivity contribution >= 4 is 12.1 Å². The van der Waals surface area contributed by atoms with Gasteiger partial charge >= 0.3 is 0 Å². The van der Waals surface area contributed by atoms with Crippen molar-refractivity contribution < 1.29 is 9.28 Å². The predicted octanol–water partition coefficient (Wildman–Crippen LogP) is 2.00. The Balaban J connectivity index is 2.01. The molecule has 3 heteroatoms. The van der Waals surface area contributed by atoms with E-state index in [1.807, 2.05) is 12.1 Å². The van der Waals surface area contributed by atoms with E-state index in [0.717, 1.165) is 16.7 Å². The van der Waals surface area contributed by atoms with Crippen LogP contribution in [0.5, 0.6) is 0 Å². The van der Waals surface area contributed by atoms with E-state index in [1.54, 1.807) is 0 Å². The zero-order chi connectivity index (χ0) is 11.4. The molecule has 1 saturated heterocycles. The van der Waals surface area contributed by atoms with E-state index >= 15 is 0 Å². The highest BCUT2D eigenvalue weighted by molar-refractivity contribution is 5.70. The third kappa shape index (κ3) is 2.61. The Kier molecular flexibility index (Phi) is 3.25. The van der Waals surface area contributed by atoms with E-state index in [1.165, 1.54) is 31.5 Å². The maximum Gasteiger partial charge on any atom is 0.211 e.